The summed E-state index contributed by atoms with van der Waals surface area (Å²) < 4.78 is 0.690. The lowest BCUT2D eigenvalue weighted by molar-refractivity contribution is 0.0500. The maximum atomic E-state index is 12.3. The Morgan fingerprint density at radius 3 is 2.40 bits per heavy atom. The van der Waals surface area contributed by atoms with Gasteiger partial charge in [0.2, 0.25) is 0 Å². The maximum absolute atomic E-state index is 12.3. The molecule has 6 heteroatoms. The predicted molar refractivity (Wildman–Crippen MR) is 86.3 cm³/mol. The van der Waals surface area contributed by atoms with Crippen molar-refractivity contribution in [3.8, 4) is 0 Å². The van der Waals surface area contributed by atoms with Crippen LogP contribution in [0.4, 0.5) is 0 Å². The van der Waals surface area contributed by atoms with Gasteiger partial charge in [0.05, 0.1) is 9.21 Å². The molecule has 1 N–H and O–H groups in total. The number of thiophene rings is 1. The van der Waals surface area contributed by atoms with Gasteiger partial charge in [-0.1, -0.05) is 11.6 Å². The van der Waals surface area contributed by atoms with Crippen molar-refractivity contribution in [3.05, 3.63) is 21.3 Å². The Balaban J connectivity index is 0.00000147. The average molecular weight is 335 g/mol. The number of nitrogens with one attached hydrogen (secondary N) is 1. The van der Waals surface area contributed by atoms with Crippen LogP contribution in [-0.4, -0.2) is 37.0 Å². The van der Waals surface area contributed by atoms with Crippen LogP contribution in [0, 0.1) is 5.41 Å². The van der Waals surface area contributed by atoms with Gasteiger partial charge in [0.25, 0.3) is 5.91 Å². The summed E-state index contributed by atoms with van der Waals surface area (Å²) in [7, 11) is 0. The Labute approximate surface area is 135 Å². The van der Waals surface area contributed by atoms with Crippen LogP contribution in [0.5, 0.6) is 0 Å². The summed E-state index contributed by atoms with van der Waals surface area (Å²) in [5.74, 6) is 0.153. The lowest BCUT2D eigenvalue weighted by Crippen LogP contribution is -2.47. The van der Waals surface area contributed by atoms with E-state index in [-0.39, 0.29) is 18.3 Å². The number of amides is 1. The number of halogens is 2. The Morgan fingerprint density at radius 1 is 1.20 bits per heavy atom. The lowest BCUT2D eigenvalue weighted by atomic mass is 9.71. The molecule has 1 spiro atoms. The highest BCUT2D eigenvalue weighted by Crippen LogP contribution is 2.39. The summed E-state index contributed by atoms with van der Waals surface area (Å²) in [5, 5.41) is 3.43. The quantitative estimate of drug-likeness (QED) is 0.853. The van der Waals surface area contributed by atoms with Crippen LogP contribution in [0.15, 0.2) is 12.1 Å². The smallest absolute Gasteiger partial charge is 0.263 e. The average Bonchev–Trinajstić information content (AvgIpc) is 2.87. The maximum Gasteiger partial charge on any atom is 0.263 e. The van der Waals surface area contributed by atoms with Crippen LogP contribution in [0.3, 0.4) is 0 Å². The molecule has 3 rings (SSSR count). The summed E-state index contributed by atoms with van der Waals surface area (Å²) >= 11 is 7.28. The third kappa shape index (κ3) is 3.30. The number of hydrogen-bond donors (Lipinski definition) is 1. The van der Waals surface area contributed by atoms with Crippen molar-refractivity contribution in [2.75, 3.05) is 26.2 Å². The van der Waals surface area contributed by atoms with Crippen LogP contribution < -0.4 is 5.32 Å². The van der Waals surface area contributed by atoms with Crippen molar-refractivity contribution in [1.29, 1.82) is 0 Å². The predicted octanol–water partition coefficient (Wildman–Crippen LogP) is 3.43. The molecule has 112 valence electrons. The molecule has 2 saturated heterocycles. The second-order valence-electron chi connectivity index (χ2n) is 5.65. The van der Waals surface area contributed by atoms with Gasteiger partial charge in [0.15, 0.2) is 0 Å². The van der Waals surface area contributed by atoms with Crippen LogP contribution in [0.25, 0.3) is 0 Å². The zero-order valence-corrected chi connectivity index (χ0v) is 13.8. The minimum atomic E-state index is 0. The first-order valence-electron chi connectivity index (χ1n) is 6.94. The molecule has 0 aliphatic carbocycles. The second-order valence-corrected chi connectivity index (χ2v) is 7.36. The van der Waals surface area contributed by atoms with E-state index < -0.39 is 0 Å². The molecule has 0 radical (unpaired) electrons. The Hall–Kier alpha value is -0.290. The van der Waals surface area contributed by atoms with Crippen molar-refractivity contribution in [3.63, 3.8) is 0 Å². The summed E-state index contributed by atoms with van der Waals surface area (Å²) in [6, 6.07) is 3.64. The van der Waals surface area contributed by atoms with E-state index in [9.17, 15) is 4.79 Å². The fourth-order valence-electron chi connectivity index (χ4n) is 3.23. The van der Waals surface area contributed by atoms with Crippen LogP contribution >= 0.6 is 35.3 Å². The highest BCUT2D eigenvalue weighted by atomic mass is 35.5. The standard InChI is InChI=1S/C14H19ClN2OS.ClH/c15-12-2-1-11(19-12)13(18)17-9-5-14(6-10-17)3-7-16-8-4-14;/h1-2,16H,3-10H2;1H. The Kier molecular flexibility index (Phi) is 5.35. The summed E-state index contributed by atoms with van der Waals surface area (Å²) in [6.07, 6.45) is 4.83. The monoisotopic (exact) mass is 334 g/mol. The molecule has 20 heavy (non-hydrogen) atoms. The fourth-order valence-corrected chi connectivity index (χ4v) is 4.24. The van der Waals surface area contributed by atoms with Gasteiger partial charge < -0.3 is 10.2 Å². The van der Waals surface area contributed by atoms with Crippen LogP contribution in [0.1, 0.15) is 35.4 Å². The van der Waals surface area contributed by atoms with Gasteiger partial charge in [-0.15, -0.1) is 23.7 Å². The van der Waals surface area contributed by atoms with Gasteiger partial charge in [-0.05, 0) is 56.3 Å². The first-order valence-corrected chi connectivity index (χ1v) is 8.13. The SMILES string of the molecule is Cl.O=C(c1ccc(Cl)s1)N1CCC2(CCNCC2)CC1. The van der Waals surface area contributed by atoms with E-state index in [2.05, 4.69) is 5.32 Å². The Bertz CT molecular complexity index is 461. The van der Waals surface area contributed by atoms with Crippen LogP contribution in [-0.2, 0) is 0 Å². The molecule has 2 aliphatic rings. The third-order valence-electron chi connectivity index (χ3n) is 4.56. The molecule has 0 aromatic carbocycles. The van der Waals surface area contributed by atoms with Gasteiger partial charge >= 0.3 is 0 Å². The number of hydrogen-bond acceptors (Lipinski definition) is 3. The molecule has 0 unspecified atom stereocenters. The molecule has 1 amide bonds. The molecule has 0 saturated carbocycles. The summed E-state index contributed by atoms with van der Waals surface area (Å²) in [4.78, 5) is 15.1. The fraction of sp³-hybridized carbons (Fsp3) is 0.643. The molecule has 2 aliphatic heterocycles. The van der Waals surface area contributed by atoms with E-state index in [0.29, 0.717) is 9.75 Å². The van der Waals surface area contributed by atoms with Crippen molar-refractivity contribution >= 4 is 41.3 Å². The molecule has 0 atom stereocenters. The molecular weight excluding hydrogens is 315 g/mol. The molecule has 3 nitrogen and oxygen atoms in total. The first kappa shape index (κ1) is 16.1. The van der Waals surface area contributed by atoms with Crippen molar-refractivity contribution in [2.45, 2.75) is 25.7 Å². The van der Waals surface area contributed by atoms with Gasteiger partial charge in [-0.2, -0.15) is 0 Å². The molecule has 1 aromatic heterocycles. The minimum Gasteiger partial charge on any atom is -0.338 e. The van der Waals surface area contributed by atoms with Crippen LogP contribution in [0.2, 0.25) is 4.34 Å². The molecule has 3 heterocycles. The number of nitrogens with zero attached hydrogens (tertiary/aromatic N) is 1. The molecule has 2 fully saturated rings. The zero-order chi connectivity index (χ0) is 13.3. The second kappa shape index (κ2) is 6.65. The summed E-state index contributed by atoms with van der Waals surface area (Å²) in [5.41, 5.74) is 0.495. The van der Waals surface area contributed by atoms with E-state index >= 15 is 0 Å². The lowest BCUT2D eigenvalue weighted by Gasteiger charge is -2.44. The van der Waals surface area contributed by atoms with E-state index in [1.54, 1.807) is 6.07 Å². The number of piperidine rings is 2. The van der Waals surface area contributed by atoms with Crippen molar-refractivity contribution < 1.29 is 4.79 Å². The third-order valence-corrected chi connectivity index (χ3v) is 5.78. The van der Waals surface area contributed by atoms with Crippen molar-refractivity contribution in [2.24, 2.45) is 5.41 Å². The number of rotatable bonds is 1. The first-order chi connectivity index (χ1) is 9.19. The van der Waals surface area contributed by atoms with Gasteiger partial charge in [-0.25, -0.2) is 0 Å². The van der Waals surface area contributed by atoms with E-state index in [4.69, 9.17) is 11.6 Å². The van der Waals surface area contributed by atoms with E-state index in [1.165, 1.54) is 24.2 Å². The number of carbonyl (C=O) groups is 1. The molecule has 1 aromatic rings. The highest BCUT2D eigenvalue weighted by molar-refractivity contribution is 7.17. The normalized spacial score (nSPS) is 21.6. The number of likely N-dealkylation sites (tertiary alicyclic amines) is 1. The van der Waals surface area contributed by atoms with Gasteiger partial charge in [0, 0.05) is 13.1 Å². The van der Waals surface area contributed by atoms with E-state index in [1.807, 2.05) is 11.0 Å². The van der Waals surface area contributed by atoms with Gasteiger partial charge in [-0.3, -0.25) is 4.79 Å². The van der Waals surface area contributed by atoms with E-state index in [0.717, 1.165) is 43.9 Å². The Morgan fingerprint density at radius 2 is 1.85 bits per heavy atom. The van der Waals surface area contributed by atoms with Gasteiger partial charge in [0.1, 0.15) is 0 Å². The molecular formula is C14H20Cl2N2OS. The topological polar surface area (TPSA) is 32.3 Å². The zero-order valence-electron chi connectivity index (χ0n) is 11.4. The summed E-state index contributed by atoms with van der Waals surface area (Å²) in [6.45, 7) is 4.06. The largest absolute Gasteiger partial charge is 0.338 e. The number of carbonyl (C=O) groups excluding carboxylic acids is 1. The highest BCUT2D eigenvalue weighted by Gasteiger charge is 2.36. The minimum absolute atomic E-state index is 0. The molecule has 0 bridgehead atoms. The van der Waals surface area contributed by atoms with Crippen molar-refractivity contribution in [1.82, 2.24) is 10.2 Å².